The molecular weight excluding hydrogens is 268 g/mol. The van der Waals surface area contributed by atoms with Crippen LogP contribution in [-0.4, -0.2) is 11.5 Å². The van der Waals surface area contributed by atoms with Gasteiger partial charge in [0.1, 0.15) is 5.01 Å². The molecule has 0 spiro atoms. The normalized spacial score (nSPS) is 11.2. The quantitative estimate of drug-likeness (QED) is 0.445. The molecule has 0 bridgehead atoms. The highest BCUT2D eigenvalue weighted by Crippen LogP contribution is 2.28. The van der Waals surface area contributed by atoms with Gasteiger partial charge in [0.2, 0.25) is 0 Å². The van der Waals surface area contributed by atoms with Crippen molar-refractivity contribution in [3.05, 3.63) is 51.3 Å². The molecule has 2 rings (SSSR count). The first kappa shape index (κ1) is 14.6. The van der Waals surface area contributed by atoms with Gasteiger partial charge < -0.3 is 0 Å². The van der Waals surface area contributed by atoms with E-state index in [0.717, 1.165) is 16.3 Å². The minimum atomic E-state index is 0.169. The lowest BCUT2D eigenvalue weighted by Crippen LogP contribution is -2.10. The Labute approximate surface area is 123 Å². The Kier molecular flexibility index (Phi) is 4.42. The molecule has 0 aliphatic carbocycles. The van der Waals surface area contributed by atoms with Crippen LogP contribution in [0.1, 0.15) is 32.0 Å². The average Bonchev–Trinajstić information content (AvgIpc) is 2.87. The van der Waals surface area contributed by atoms with Crippen LogP contribution in [0, 0.1) is 0 Å². The molecule has 2 aromatic rings. The van der Waals surface area contributed by atoms with Crippen LogP contribution in [0.2, 0.25) is 0 Å². The van der Waals surface area contributed by atoms with Crippen LogP contribution in [0.25, 0.3) is 21.0 Å². The van der Waals surface area contributed by atoms with Gasteiger partial charge in [-0.05, 0) is 22.9 Å². The zero-order valence-corrected chi connectivity index (χ0v) is 12.8. The lowest BCUT2D eigenvalue weighted by Gasteiger charge is -2.18. The summed E-state index contributed by atoms with van der Waals surface area (Å²) in [6.45, 7) is 7.08. The summed E-state index contributed by atoms with van der Waals surface area (Å²) < 4.78 is 0. The summed E-state index contributed by atoms with van der Waals surface area (Å²) >= 11 is 1.63. The molecule has 1 aromatic carbocycles. The molecule has 1 heterocycles. The second kappa shape index (κ2) is 6.07. The smallest absolute Gasteiger partial charge is 0.123 e. The summed E-state index contributed by atoms with van der Waals surface area (Å²) in [4.78, 5) is 7.33. The van der Waals surface area contributed by atoms with Crippen molar-refractivity contribution in [1.82, 2.24) is 4.98 Å². The second-order valence-electron chi connectivity index (χ2n) is 5.68. The third kappa shape index (κ3) is 3.59. The van der Waals surface area contributed by atoms with E-state index in [0.29, 0.717) is 13.0 Å². The number of azide groups is 1. The van der Waals surface area contributed by atoms with E-state index in [2.05, 4.69) is 60.0 Å². The third-order valence-electron chi connectivity index (χ3n) is 3.08. The summed E-state index contributed by atoms with van der Waals surface area (Å²) in [6, 6.07) is 8.57. The van der Waals surface area contributed by atoms with Gasteiger partial charge in [0, 0.05) is 22.4 Å². The molecule has 0 saturated carbocycles. The van der Waals surface area contributed by atoms with Gasteiger partial charge in [0.15, 0.2) is 0 Å². The lowest BCUT2D eigenvalue weighted by molar-refractivity contribution is 0.590. The molecule has 4 nitrogen and oxygen atoms in total. The van der Waals surface area contributed by atoms with Gasteiger partial charge in [0.05, 0.1) is 5.69 Å². The Morgan fingerprint density at radius 1 is 1.25 bits per heavy atom. The Morgan fingerprint density at radius 2 is 1.95 bits per heavy atom. The number of hydrogen-bond acceptors (Lipinski definition) is 3. The third-order valence-corrected chi connectivity index (χ3v) is 4.02. The number of hydrogen-bond donors (Lipinski definition) is 0. The molecule has 0 unspecified atom stereocenters. The van der Waals surface area contributed by atoms with E-state index in [-0.39, 0.29) is 5.41 Å². The molecule has 0 aliphatic rings. The van der Waals surface area contributed by atoms with Gasteiger partial charge in [-0.1, -0.05) is 50.2 Å². The number of nitrogens with zero attached hydrogens (tertiary/aromatic N) is 4. The second-order valence-corrected chi connectivity index (χ2v) is 6.53. The summed E-state index contributed by atoms with van der Waals surface area (Å²) in [5, 5.41) is 6.58. The maximum atomic E-state index is 8.26. The van der Waals surface area contributed by atoms with Crippen LogP contribution >= 0.6 is 11.3 Å². The Hall–Kier alpha value is -1.84. The SMILES string of the molecule is CC(C)(C)c1ccc(-c2nc(CCN=[N+]=[N-])cs2)cc1. The Morgan fingerprint density at radius 3 is 2.55 bits per heavy atom. The van der Waals surface area contributed by atoms with E-state index in [1.807, 2.05) is 5.38 Å². The van der Waals surface area contributed by atoms with Crippen molar-refractivity contribution < 1.29 is 0 Å². The van der Waals surface area contributed by atoms with Crippen LogP contribution in [0.5, 0.6) is 0 Å². The van der Waals surface area contributed by atoms with Crippen molar-refractivity contribution in [2.45, 2.75) is 32.6 Å². The van der Waals surface area contributed by atoms with E-state index in [9.17, 15) is 0 Å². The van der Waals surface area contributed by atoms with E-state index < -0.39 is 0 Å². The Bertz CT molecular complexity index is 616. The van der Waals surface area contributed by atoms with Gasteiger partial charge in [-0.2, -0.15) is 0 Å². The van der Waals surface area contributed by atoms with Crippen LogP contribution < -0.4 is 0 Å². The van der Waals surface area contributed by atoms with Crippen LogP contribution in [0.15, 0.2) is 34.8 Å². The zero-order valence-electron chi connectivity index (χ0n) is 12.0. The number of benzene rings is 1. The monoisotopic (exact) mass is 286 g/mol. The maximum absolute atomic E-state index is 8.26. The standard InChI is InChI=1S/C15H18N4S/c1-15(2,3)12-6-4-11(5-7-12)14-18-13(10-20-14)8-9-17-19-16/h4-7,10H,8-9H2,1-3H3. The fourth-order valence-corrected chi connectivity index (χ4v) is 2.74. The van der Waals surface area contributed by atoms with Crippen LogP contribution in [0.4, 0.5) is 0 Å². The van der Waals surface area contributed by atoms with Crippen LogP contribution in [-0.2, 0) is 11.8 Å². The van der Waals surface area contributed by atoms with Crippen molar-refractivity contribution in [2.75, 3.05) is 6.54 Å². The van der Waals surface area contributed by atoms with Gasteiger partial charge in [-0.15, -0.1) is 11.3 Å². The fraction of sp³-hybridized carbons (Fsp3) is 0.400. The number of rotatable bonds is 4. The van der Waals surface area contributed by atoms with Crippen molar-refractivity contribution in [1.29, 1.82) is 0 Å². The summed E-state index contributed by atoms with van der Waals surface area (Å²) in [5.41, 5.74) is 11.9. The molecule has 1 aromatic heterocycles. The van der Waals surface area contributed by atoms with Crippen LogP contribution in [0.3, 0.4) is 0 Å². The molecule has 0 radical (unpaired) electrons. The molecule has 0 aliphatic heterocycles. The Balaban J connectivity index is 2.14. The number of aromatic nitrogens is 1. The van der Waals surface area contributed by atoms with E-state index in [1.54, 1.807) is 11.3 Å². The van der Waals surface area contributed by atoms with Crippen molar-refractivity contribution in [2.24, 2.45) is 5.11 Å². The lowest BCUT2D eigenvalue weighted by atomic mass is 9.87. The predicted octanol–water partition coefficient (Wildman–Crippen LogP) is 4.96. The minimum absolute atomic E-state index is 0.169. The molecule has 0 amide bonds. The highest BCUT2D eigenvalue weighted by atomic mass is 32.1. The highest BCUT2D eigenvalue weighted by Gasteiger charge is 2.13. The molecule has 0 fully saturated rings. The number of thiazole rings is 1. The molecule has 104 valence electrons. The van der Waals surface area contributed by atoms with E-state index in [1.165, 1.54) is 5.56 Å². The molecule has 0 saturated heterocycles. The minimum Gasteiger partial charge on any atom is -0.241 e. The topological polar surface area (TPSA) is 61.7 Å². The average molecular weight is 286 g/mol. The van der Waals surface area contributed by atoms with Crippen molar-refractivity contribution >= 4 is 11.3 Å². The molecule has 0 atom stereocenters. The fourth-order valence-electron chi connectivity index (χ4n) is 1.88. The zero-order chi connectivity index (χ0) is 14.6. The molecule has 20 heavy (non-hydrogen) atoms. The van der Waals surface area contributed by atoms with Crippen molar-refractivity contribution in [3.8, 4) is 10.6 Å². The summed E-state index contributed by atoms with van der Waals surface area (Å²) in [7, 11) is 0. The maximum Gasteiger partial charge on any atom is 0.123 e. The largest absolute Gasteiger partial charge is 0.241 e. The first-order chi connectivity index (χ1) is 9.50. The summed E-state index contributed by atoms with van der Waals surface area (Å²) in [6.07, 6.45) is 0.695. The summed E-state index contributed by atoms with van der Waals surface area (Å²) in [5.74, 6) is 0. The predicted molar refractivity (Wildman–Crippen MR) is 84.0 cm³/mol. The van der Waals surface area contributed by atoms with Gasteiger partial charge in [-0.3, -0.25) is 0 Å². The molecule has 5 heteroatoms. The molecule has 0 N–H and O–H groups in total. The van der Waals surface area contributed by atoms with Gasteiger partial charge >= 0.3 is 0 Å². The molecular formula is C15H18N4S. The van der Waals surface area contributed by atoms with E-state index in [4.69, 9.17) is 5.53 Å². The van der Waals surface area contributed by atoms with Gasteiger partial charge in [0.25, 0.3) is 0 Å². The first-order valence-corrected chi connectivity index (χ1v) is 7.45. The van der Waals surface area contributed by atoms with Gasteiger partial charge in [-0.25, -0.2) is 4.98 Å². The van der Waals surface area contributed by atoms with Crippen molar-refractivity contribution in [3.63, 3.8) is 0 Å². The van der Waals surface area contributed by atoms with E-state index >= 15 is 0 Å². The highest BCUT2D eigenvalue weighted by molar-refractivity contribution is 7.13. The first-order valence-electron chi connectivity index (χ1n) is 6.57.